The van der Waals surface area contributed by atoms with Gasteiger partial charge in [0.05, 0.1) is 25.9 Å². The van der Waals surface area contributed by atoms with E-state index in [4.69, 9.17) is 4.74 Å². The molecule has 1 fully saturated rings. The monoisotopic (exact) mass is 261 g/mol. The maximum Gasteiger partial charge on any atom is 0.247 e. The zero-order valence-electron chi connectivity index (χ0n) is 11.1. The van der Waals surface area contributed by atoms with Crippen LogP contribution in [0.25, 0.3) is 6.08 Å². The van der Waals surface area contributed by atoms with Crippen molar-refractivity contribution in [2.24, 2.45) is 0 Å². The molecule has 1 heterocycles. The lowest BCUT2D eigenvalue weighted by molar-refractivity contribution is -0.136. The number of benzene rings is 1. The van der Waals surface area contributed by atoms with Crippen LogP contribution in [-0.2, 0) is 9.53 Å². The zero-order valence-corrected chi connectivity index (χ0v) is 11.1. The van der Waals surface area contributed by atoms with Crippen LogP contribution in [0.15, 0.2) is 30.3 Å². The van der Waals surface area contributed by atoms with Crippen molar-refractivity contribution in [1.29, 1.82) is 0 Å². The molecule has 1 unspecified atom stereocenters. The summed E-state index contributed by atoms with van der Waals surface area (Å²) < 4.78 is 5.25. The summed E-state index contributed by atoms with van der Waals surface area (Å²) in [6, 6.07) is 7.73. The number of aliphatic hydroxyl groups is 1. The molecule has 1 aromatic carbocycles. The summed E-state index contributed by atoms with van der Waals surface area (Å²) in [5.74, 6) is -0.0798. The van der Waals surface area contributed by atoms with Gasteiger partial charge in [-0.2, -0.15) is 0 Å². The van der Waals surface area contributed by atoms with E-state index in [2.05, 4.69) is 0 Å². The molecule has 0 saturated carbocycles. The fourth-order valence-corrected chi connectivity index (χ4v) is 2.13. The number of nitrogens with zero attached hydrogens (tertiary/aromatic N) is 1. The Bertz CT molecular complexity index is 470. The van der Waals surface area contributed by atoms with Crippen LogP contribution in [0.5, 0.6) is 0 Å². The molecule has 0 aliphatic carbocycles. The van der Waals surface area contributed by atoms with Crippen LogP contribution in [0.1, 0.15) is 11.1 Å². The second kappa shape index (κ2) is 6.50. The van der Waals surface area contributed by atoms with Crippen LogP contribution in [-0.4, -0.2) is 48.3 Å². The van der Waals surface area contributed by atoms with Gasteiger partial charge >= 0.3 is 0 Å². The molecule has 19 heavy (non-hydrogen) atoms. The standard InChI is InChI=1S/C15H19NO3/c1-12-3-2-4-13(9-12)5-6-15(18)16-7-8-19-11-14(16)10-17/h2-6,9,14,17H,7-8,10-11H2,1H3/b6-5+. The van der Waals surface area contributed by atoms with Crippen molar-refractivity contribution in [1.82, 2.24) is 4.90 Å². The first-order chi connectivity index (χ1) is 9.20. The van der Waals surface area contributed by atoms with E-state index in [0.717, 1.165) is 11.1 Å². The normalized spacial score (nSPS) is 19.9. The summed E-state index contributed by atoms with van der Waals surface area (Å²) in [7, 11) is 0. The van der Waals surface area contributed by atoms with Gasteiger partial charge in [-0.05, 0) is 18.6 Å². The van der Waals surface area contributed by atoms with Crippen LogP contribution in [0, 0.1) is 6.92 Å². The Kier molecular flexibility index (Phi) is 4.71. The lowest BCUT2D eigenvalue weighted by Crippen LogP contribution is -2.49. The minimum absolute atomic E-state index is 0.0655. The van der Waals surface area contributed by atoms with Crippen LogP contribution < -0.4 is 0 Å². The van der Waals surface area contributed by atoms with Crippen LogP contribution in [0.3, 0.4) is 0 Å². The molecule has 0 bridgehead atoms. The van der Waals surface area contributed by atoms with E-state index >= 15 is 0 Å². The van der Waals surface area contributed by atoms with E-state index in [-0.39, 0.29) is 18.6 Å². The number of hydrogen-bond acceptors (Lipinski definition) is 3. The second-order valence-corrected chi connectivity index (χ2v) is 4.69. The fraction of sp³-hybridized carbons (Fsp3) is 0.400. The quantitative estimate of drug-likeness (QED) is 0.833. The Balaban J connectivity index is 2.03. The first-order valence-electron chi connectivity index (χ1n) is 6.44. The summed E-state index contributed by atoms with van der Waals surface area (Å²) >= 11 is 0. The number of carbonyl (C=O) groups is 1. The van der Waals surface area contributed by atoms with E-state index in [9.17, 15) is 9.90 Å². The maximum absolute atomic E-state index is 12.1. The Labute approximate surface area is 113 Å². The maximum atomic E-state index is 12.1. The molecule has 0 spiro atoms. The molecule has 4 heteroatoms. The SMILES string of the molecule is Cc1cccc(/C=C/C(=O)N2CCOCC2CO)c1. The third kappa shape index (κ3) is 3.66. The minimum atomic E-state index is -0.233. The number of ether oxygens (including phenoxy) is 1. The van der Waals surface area contributed by atoms with E-state index in [1.807, 2.05) is 31.2 Å². The molecule has 4 nitrogen and oxygen atoms in total. The molecule has 1 N–H and O–H groups in total. The summed E-state index contributed by atoms with van der Waals surface area (Å²) in [5, 5.41) is 9.23. The Morgan fingerprint density at radius 1 is 1.58 bits per heavy atom. The predicted molar refractivity (Wildman–Crippen MR) is 73.6 cm³/mol. The smallest absolute Gasteiger partial charge is 0.247 e. The van der Waals surface area contributed by atoms with Crippen molar-refractivity contribution in [3.8, 4) is 0 Å². The highest BCUT2D eigenvalue weighted by Crippen LogP contribution is 2.10. The topological polar surface area (TPSA) is 49.8 Å². The highest BCUT2D eigenvalue weighted by Gasteiger charge is 2.24. The molecule has 1 aromatic rings. The van der Waals surface area contributed by atoms with Crippen molar-refractivity contribution >= 4 is 12.0 Å². The third-order valence-corrected chi connectivity index (χ3v) is 3.18. The molecular formula is C15H19NO3. The summed E-state index contributed by atoms with van der Waals surface area (Å²) in [5.41, 5.74) is 2.16. The molecule has 0 radical (unpaired) electrons. The number of hydrogen-bond donors (Lipinski definition) is 1. The molecule has 1 aliphatic heterocycles. The number of carbonyl (C=O) groups excluding carboxylic acids is 1. The fourth-order valence-electron chi connectivity index (χ4n) is 2.13. The van der Waals surface area contributed by atoms with Gasteiger partial charge in [0.15, 0.2) is 0 Å². The Morgan fingerprint density at radius 3 is 3.16 bits per heavy atom. The van der Waals surface area contributed by atoms with Gasteiger partial charge in [0.1, 0.15) is 0 Å². The van der Waals surface area contributed by atoms with E-state index in [0.29, 0.717) is 19.8 Å². The van der Waals surface area contributed by atoms with Gasteiger partial charge in [-0.25, -0.2) is 0 Å². The van der Waals surface area contributed by atoms with Crippen LogP contribution in [0.2, 0.25) is 0 Å². The van der Waals surface area contributed by atoms with E-state index in [1.54, 1.807) is 17.1 Å². The van der Waals surface area contributed by atoms with Crippen molar-refractivity contribution in [3.05, 3.63) is 41.5 Å². The van der Waals surface area contributed by atoms with Crippen molar-refractivity contribution in [3.63, 3.8) is 0 Å². The minimum Gasteiger partial charge on any atom is -0.394 e. The molecule has 1 aliphatic rings. The highest BCUT2D eigenvalue weighted by atomic mass is 16.5. The largest absolute Gasteiger partial charge is 0.394 e. The third-order valence-electron chi connectivity index (χ3n) is 3.18. The highest BCUT2D eigenvalue weighted by molar-refractivity contribution is 5.92. The zero-order chi connectivity index (χ0) is 13.7. The van der Waals surface area contributed by atoms with Crippen molar-refractivity contribution < 1.29 is 14.6 Å². The second-order valence-electron chi connectivity index (χ2n) is 4.69. The van der Waals surface area contributed by atoms with Crippen molar-refractivity contribution in [2.75, 3.05) is 26.4 Å². The molecular weight excluding hydrogens is 242 g/mol. The lowest BCUT2D eigenvalue weighted by atomic mass is 10.1. The number of morpholine rings is 1. The summed E-state index contributed by atoms with van der Waals surface area (Å²) in [6.45, 7) is 3.41. The van der Waals surface area contributed by atoms with E-state index in [1.165, 1.54) is 0 Å². The number of aryl methyl sites for hydroxylation is 1. The van der Waals surface area contributed by atoms with E-state index < -0.39 is 0 Å². The van der Waals surface area contributed by atoms with Crippen molar-refractivity contribution in [2.45, 2.75) is 13.0 Å². The number of amides is 1. The lowest BCUT2D eigenvalue weighted by Gasteiger charge is -2.33. The van der Waals surface area contributed by atoms with Gasteiger partial charge in [0.25, 0.3) is 0 Å². The van der Waals surface area contributed by atoms with Gasteiger partial charge < -0.3 is 14.7 Å². The number of rotatable bonds is 3. The van der Waals surface area contributed by atoms with Crippen LogP contribution in [0.4, 0.5) is 0 Å². The van der Waals surface area contributed by atoms with Gasteiger partial charge in [-0.3, -0.25) is 4.79 Å². The molecule has 1 saturated heterocycles. The Hall–Kier alpha value is -1.65. The van der Waals surface area contributed by atoms with Gasteiger partial charge in [0.2, 0.25) is 5.91 Å². The predicted octanol–water partition coefficient (Wildman–Crippen LogP) is 1.23. The summed E-state index contributed by atoms with van der Waals surface area (Å²) in [6.07, 6.45) is 3.36. The van der Waals surface area contributed by atoms with Gasteiger partial charge in [-0.1, -0.05) is 29.8 Å². The molecule has 1 amide bonds. The molecule has 1 atom stereocenters. The Morgan fingerprint density at radius 2 is 2.42 bits per heavy atom. The first kappa shape index (κ1) is 13.8. The van der Waals surface area contributed by atoms with Crippen LogP contribution >= 0.6 is 0 Å². The number of aliphatic hydroxyl groups excluding tert-OH is 1. The van der Waals surface area contributed by atoms with Gasteiger partial charge in [0, 0.05) is 12.6 Å². The summed E-state index contributed by atoms with van der Waals surface area (Å²) in [4.78, 5) is 13.8. The first-order valence-corrected chi connectivity index (χ1v) is 6.44. The van der Waals surface area contributed by atoms with Gasteiger partial charge in [-0.15, -0.1) is 0 Å². The molecule has 0 aromatic heterocycles. The average Bonchev–Trinajstić information content (AvgIpc) is 2.45. The average molecular weight is 261 g/mol. The molecule has 2 rings (SSSR count). The molecule has 102 valence electrons.